The Morgan fingerprint density at radius 3 is 2.62 bits per heavy atom. The van der Waals surface area contributed by atoms with E-state index < -0.39 is 0 Å². The SMILES string of the molecule is Cc1ccc2cc([C@@H](c3nnnn3C(C)(C)C)[NH+]3CCOCC3)c(=O)[nH]c2c1C. The largest absolute Gasteiger partial charge is 0.370 e. The van der Waals surface area contributed by atoms with E-state index in [4.69, 9.17) is 4.74 Å². The van der Waals surface area contributed by atoms with Gasteiger partial charge in [0.1, 0.15) is 13.1 Å². The molecule has 154 valence electrons. The molecule has 0 saturated carbocycles. The minimum atomic E-state index is -0.292. The van der Waals surface area contributed by atoms with Crippen LogP contribution < -0.4 is 10.5 Å². The van der Waals surface area contributed by atoms with E-state index in [2.05, 4.69) is 60.3 Å². The molecule has 0 spiro atoms. The van der Waals surface area contributed by atoms with Crippen LogP contribution in [0.3, 0.4) is 0 Å². The predicted octanol–water partition coefficient (Wildman–Crippen LogP) is 0.891. The van der Waals surface area contributed by atoms with Crippen LogP contribution in [-0.2, 0) is 10.3 Å². The van der Waals surface area contributed by atoms with Crippen molar-refractivity contribution in [1.82, 2.24) is 25.2 Å². The Hall–Kier alpha value is -2.58. The molecule has 3 heterocycles. The molecule has 2 aromatic heterocycles. The number of morpholine rings is 1. The maximum Gasteiger partial charge on any atom is 0.258 e. The molecule has 4 rings (SSSR count). The number of pyridine rings is 1. The van der Waals surface area contributed by atoms with Gasteiger partial charge in [0.05, 0.1) is 29.8 Å². The molecule has 8 heteroatoms. The lowest BCUT2D eigenvalue weighted by molar-refractivity contribution is -0.934. The number of aryl methyl sites for hydroxylation is 2. The third kappa shape index (κ3) is 3.58. The second kappa shape index (κ2) is 7.35. The first-order valence-electron chi connectivity index (χ1n) is 10.1. The van der Waals surface area contributed by atoms with Crippen LogP contribution in [0, 0.1) is 13.8 Å². The fraction of sp³-hybridized carbons (Fsp3) is 0.524. The molecule has 29 heavy (non-hydrogen) atoms. The summed E-state index contributed by atoms with van der Waals surface area (Å²) in [4.78, 5) is 17.6. The zero-order valence-corrected chi connectivity index (χ0v) is 17.7. The van der Waals surface area contributed by atoms with Gasteiger partial charge < -0.3 is 14.6 Å². The van der Waals surface area contributed by atoms with Gasteiger partial charge in [-0.2, -0.15) is 0 Å². The highest BCUT2D eigenvalue weighted by Crippen LogP contribution is 2.24. The number of rotatable bonds is 3. The van der Waals surface area contributed by atoms with Crippen molar-refractivity contribution in [2.24, 2.45) is 0 Å². The quantitative estimate of drug-likeness (QED) is 0.685. The maximum absolute atomic E-state index is 13.3. The molecular formula is C21H29N6O2+. The number of fused-ring (bicyclic) bond motifs is 1. The van der Waals surface area contributed by atoms with Crippen LogP contribution in [0.15, 0.2) is 23.0 Å². The van der Waals surface area contributed by atoms with Crippen molar-refractivity contribution >= 4 is 10.9 Å². The normalized spacial score (nSPS) is 17.0. The Kier molecular flexibility index (Phi) is 5.00. The van der Waals surface area contributed by atoms with Gasteiger partial charge in [-0.15, -0.1) is 5.10 Å². The summed E-state index contributed by atoms with van der Waals surface area (Å²) in [6.07, 6.45) is 0. The number of H-pyrrole nitrogens is 1. The summed E-state index contributed by atoms with van der Waals surface area (Å²) in [5.74, 6) is 0.711. The Bertz CT molecular complexity index is 1090. The molecule has 0 radical (unpaired) electrons. The number of hydrogen-bond donors (Lipinski definition) is 2. The van der Waals surface area contributed by atoms with Gasteiger partial charge in [-0.25, -0.2) is 4.68 Å². The van der Waals surface area contributed by atoms with Crippen LogP contribution in [0.4, 0.5) is 0 Å². The lowest BCUT2D eigenvalue weighted by atomic mass is 9.99. The van der Waals surface area contributed by atoms with Gasteiger partial charge in [0.25, 0.3) is 5.56 Å². The van der Waals surface area contributed by atoms with E-state index in [-0.39, 0.29) is 17.1 Å². The summed E-state index contributed by atoms with van der Waals surface area (Å²) in [5.41, 5.74) is 3.47. The van der Waals surface area contributed by atoms with Gasteiger partial charge in [-0.3, -0.25) is 4.79 Å². The van der Waals surface area contributed by atoms with E-state index in [1.165, 1.54) is 4.90 Å². The Morgan fingerprint density at radius 1 is 1.21 bits per heavy atom. The molecule has 3 aromatic rings. The molecule has 0 amide bonds. The lowest BCUT2D eigenvalue weighted by Gasteiger charge is -2.32. The molecule has 1 aliphatic rings. The van der Waals surface area contributed by atoms with Gasteiger partial charge in [0.2, 0.25) is 5.82 Å². The van der Waals surface area contributed by atoms with Crippen LogP contribution in [0.5, 0.6) is 0 Å². The fourth-order valence-electron chi connectivity index (χ4n) is 4.07. The third-order valence-electron chi connectivity index (χ3n) is 5.82. The van der Waals surface area contributed by atoms with Gasteiger partial charge in [-0.05, 0) is 67.6 Å². The van der Waals surface area contributed by atoms with E-state index in [1.54, 1.807) is 0 Å². The Morgan fingerprint density at radius 2 is 1.93 bits per heavy atom. The zero-order chi connectivity index (χ0) is 20.8. The highest BCUT2D eigenvalue weighted by atomic mass is 16.5. The number of tetrazole rings is 1. The van der Waals surface area contributed by atoms with Crippen molar-refractivity contribution < 1.29 is 9.64 Å². The second-order valence-corrected chi connectivity index (χ2v) is 8.85. The maximum atomic E-state index is 13.3. The van der Waals surface area contributed by atoms with Crippen molar-refractivity contribution in [2.45, 2.75) is 46.2 Å². The molecule has 0 aliphatic carbocycles. The minimum Gasteiger partial charge on any atom is -0.370 e. The van der Waals surface area contributed by atoms with E-state index >= 15 is 0 Å². The lowest BCUT2D eigenvalue weighted by Crippen LogP contribution is -3.14. The number of aromatic nitrogens is 5. The summed E-state index contributed by atoms with van der Waals surface area (Å²) in [5, 5.41) is 13.6. The summed E-state index contributed by atoms with van der Waals surface area (Å²) in [7, 11) is 0. The molecule has 0 unspecified atom stereocenters. The average Bonchev–Trinajstić information content (AvgIpc) is 3.17. The fourth-order valence-corrected chi connectivity index (χ4v) is 4.07. The smallest absolute Gasteiger partial charge is 0.258 e. The van der Waals surface area contributed by atoms with Crippen molar-refractivity contribution in [3.63, 3.8) is 0 Å². The van der Waals surface area contributed by atoms with Gasteiger partial charge in [0.15, 0.2) is 6.04 Å². The summed E-state index contributed by atoms with van der Waals surface area (Å²) in [6, 6.07) is 5.91. The van der Waals surface area contributed by atoms with E-state index in [0.717, 1.165) is 35.1 Å². The number of aromatic amines is 1. The number of hydrogen-bond acceptors (Lipinski definition) is 5. The average molecular weight is 398 g/mol. The topological polar surface area (TPSA) is 90.1 Å². The molecule has 0 bridgehead atoms. The highest BCUT2D eigenvalue weighted by molar-refractivity contribution is 5.83. The third-order valence-corrected chi connectivity index (χ3v) is 5.82. The Balaban J connectivity index is 1.93. The van der Waals surface area contributed by atoms with Crippen molar-refractivity contribution in [3.8, 4) is 0 Å². The van der Waals surface area contributed by atoms with Crippen molar-refractivity contribution in [3.05, 3.63) is 51.1 Å². The first-order chi connectivity index (χ1) is 13.8. The number of quaternary nitrogens is 1. The van der Waals surface area contributed by atoms with E-state index in [0.29, 0.717) is 24.6 Å². The summed E-state index contributed by atoms with van der Waals surface area (Å²) in [6.45, 7) is 13.2. The molecule has 1 atom stereocenters. The zero-order valence-electron chi connectivity index (χ0n) is 17.7. The van der Waals surface area contributed by atoms with Crippen LogP contribution in [-0.4, -0.2) is 51.5 Å². The summed E-state index contributed by atoms with van der Waals surface area (Å²) >= 11 is 0. The first-order valence-corrected chi connectivity index (χ1v) is 10.1. The Labute approximate surface area is 169 Å². The summed E-state index contributed by atoms with van der Waals surface area (Å²) < 4.78 is 7.40. The predicted molar refractivity (Wildman–Crippen MR) is 110 cm³/mol. The molecule has 1 fully saturated rings. The number of nitrogens with one attached hydrogen (secondary N) is 2. The molecule has 2 N–H and O–H groups in total. The second-order valence-electron chi connectivity index (χ2n) is 8.85. The molecule has 1 aromatic carbocycles. The van der Waals surface area contributed by atoms with Crippen molar-refractivity contribution in [2.75, 3.05) is 26.3 Å². The first kappa shape index (κ1) is 19.7. The molecule has 1 aliphatic heterocycles. The van der Waals surface area contributed by atoms with Gasteiger partial charge in [-0.1, -0.05) is 12.1 Å². The highest BCUT2D eigenvalue weighted by Gasteiger charge is 2.37. The van der Waals surface area contributed by atoms with Crippen LogP contribution in [0.25, 0.3) is 10.9 Å². The van der Waals surface area contributed by atoms with E-state index in [9.17, 15) is 4.79 Å². The number of ether oxygens (including phenoxy) is 1. The molecular weight excluding hydrogens is 368 g/mol. The monoisotopic (exact) mass is 397 g/mol. The van der Waals surface area contributed by atoms with E-state index in [1.807, 2.05) is 17.7 Å². The van der Waals surface area contributed by atoms with Crippen molar-refractivity contribution in [1.29, 1.82) is 0 Å². The van der Waals surface area contributed by atoms with Crippen LogP contribution >= 0.6 is 0 Å². The van der Waals surface area contributed by atoms with Gasteiger partial charge in [0, 0.05) is 0 Å². The van der Waals surface area contributed by atoms with Gasteiger partial charge >= 0.3 is 0 Å². The number of benzene rings is 1. The number of nitrogens with zero attached hydrogens (tertiary/aromatic N) is 4. The van der Waals surface area contributed by atoms with Crippen LogP contribution in [0.2, 0.25) is 0 Å². The molecule has 1 saturated heterocycles. The molecule has 8 nitrogen and oxygen atoms in total. The van der Waals surface area contributed by atoms with Crippen LogP contribution in [0.1, 0.15) is 49.3 Å². The standard InChI is InChI=1S/C21H28N6O2/c1-13-6-7-15-12-16(20(28)22-17(15)14(13)2)18(26-8-10-29-11-9-26)19-23-24-25-27(19)21(3,4)5/h6-7,12,18H,8-11H2,1-5H3,(H,22,28)/p+1/t18-/m0/s1. The minimum absolute atomic E-state index is 0.0846.